The molecule has 20 heavy (non-hydrogen) atoms. The summed E-state index contributed by atoms with van der Waals surface area (Å²) in [6.45, 7) is 2.69. The molecule has 2 N–H and O–H groups in total. The predicted octanol–water partition coefficient (Wildman–Crippen LogP) is 1.88. The van der Waals surface area contributed by atoms with Crippen molar-refractivity contribution in [3.05, 3.63) is 18.2 Å². The molecule has 2 aromatic heterocycles. The molecule has 0 amide bonds. The van der Waals surface area contributed by atoms with E-state index in [0.717, 1.165) is 49.5 Å². The maximum absolute atomic E-state index is 10.4. The topological polar surface area (TPSA) is 92.4 Å². The van der Waals surface area contributed by atoms with Crippen LogP contribution < -0.4 is 5.32 Å². The number of aryl methyl sites for hydroxylation is 1. The molecule has 0 bridgehead atoms. The van der Waals surface area contributed by atoms with Crippen molar-refractivity contribution < 1.29 is 9.90 Å². The van der Waals surface area contributed by atoms with Crippen LogP contribution in [0.5, 0.6) is 0 Å². The van der Waals surface area contributed by atoms with Crippen LogP contribution in [0.1, 0.15) is 37.9 Å². The first-order chi connectivity index (χ1) is 9.68. The Balaban J connectivity index is 1.75. The van der Waals surface area contributed by atoms with Gasteiger partial charge in [-0.2, -0.15) is 0 Å². The summed E-state index contributed by atoms with van der Waals surface area (Å²) in [5.41, 5.74) is 0.732. The first-order valence-corrected chi connectivity index (χ1v) is 6.80. The number of nitrogens with zero attached hydrogens (tertiary/aromatic N) is 4. The Morgan fingerprint density at radius 3 is 2.90 bits per heavy atom. The Hall–Kier alpha value is -2.18. The highest BCUT2D eigenvalue weighted by Crippen LogP contribution is 2.12. The summed E-state index contributed by atoms with van der Waals surface area (Å²) >= 11 is 0. The van der Waals surface area contributed by atoms with Gasteiger partial charge in [-0.05, 0) is 19.8 Å². The number of carbonyl (C=O) groups is 1. The van der Waals surface area contributed by atoms with E-state index in [1.807, 2.05) is 17.5 Å². The molecule has 0 aromatic carbocycles. The van der Waals surface area contributed by atoms with Gasteiger partial charge in [0, 0.05) is 25.4 Å². The van der Waals surface area contributed by atoms with Gasteiger partial charge in [0.1, 0.15) is 5.82 Å². The molecule has 2 rings (SSSR count). The summed E-state index contributed by atoms with van der Waals surface area (Å²) in [6.07, 6.45) is 7.49. The Morgan fingerprint density at radius 2 is 2.10 bits per heavy atom. The van der Waals surface area contributed by atoms with Gasteiger partial charge in [-0.1, -0.05) is 12.8 Å². The molecular formula is C13H19N5O2. The lowest BCUT2D eigenvalue weighted by molar-refractivity contribution is -0.137. The highest BCUT2D eigenvalue weighted by Gasteiger charge is 2.06. The lowest BCUT2D eigenvalue weighted by atomic mass is 10.1. The fourth-order valence-corrected chi connectivity index (χ4v) is 2.03. The summed E-state index contributed by atoms with van der Waals surface area (Å²) < 4.78 is 1.89. The zero-order valence-electron chi connectivity index (χ0n) is 11.5. The maximum atomic E-state index is 10.4. The van der Waals surface area contributed by atoms with Crippen LogP contribution in [0.3, 0.4) is 0 Å². The number of carboxylic acid groups (broad SMARTS) is 1. The summed E-state index contributed by atoms with van der Waals surface area (Å²) in [6, 6.07) is 0. The minimum absolute atomic E-state index is 0.257. The Kier molecular flexibility index (Phi) is 4.86. The molecule has 0 aliphatic carbocycles. The van der Waals surface area contributed by atoms with E-state index in [1.165, 1.54) is 0 Å². The Morgan fingerprint density at radius 1 is 1.30 bits per heavy atom. The van der Waals surface area contributed by atoms with Gasteiger partial charge < -0.3 is 10.4 Å². The zero-order valence-corrected chi connectivity index (χ0v) is 11.5. The second kappa shape index (κ2) is 6.83. The number of hydrogen-bond acceptors (Lipinski definition) is 5. The van der Waals surface area contributed by atoms with Crippen LogP contribution in [0.15, 0.2) is 12.4 Å². The van der Waals surface area contributed by atoms with Crippen molar-refractivity contribution in [3.63, 3.8) is 0 Å². The van der Waals surface area contributed by atoms with Crippen LogP contribution in [-0.4, -0.2) is 37.2 Å². The van der Waals surface area contributed by atoms with E-state index < -0.39 is 5.97 Å². The SMILES string of the molecule is Cc1nnc2c(NCCCCCCC(=O)O)nccn12. The standard InChI is InChI=1S/C13H19N5O2/c1-10-16-17-13-12(15-8-9-18(10)13)14-7-5-3-2-4-6-11(19)20/h8-9H,2-7H2,1H3,(H,14,15)(H,19,20). The third kappa shape index (κ3) is 3.66. The smallest absolute Gasteiger partial charge is 0.303 e. The highest BCUT2D eigenvalue weighted by atomic mass is 16.4. The Bertz CT molecular complexity index is 581. The lowest BCUT2D eigenvalue weighted by Crippen LogP contribution is -2.05. The molecule has 0 spiro atoms. The molecular weight excluding hydrogens is 258 g/mol. The van der Waals surface area contributed by atoms with E-state index in [0.29, 0.717) is 0 Å². The quantitative estimate of drug-likeness (QED) is 0.716. The molecule has 0 radical (unpaired) electrons. The van der Waals surface area contributed by atoms with Crippen LogP contribution in [0.25, 0.3) is 5.65 Å². The van der Waals surface area contributed by atoms with E-state index in [4.69, 9.17) is 5.11 Å². The summed E-state index contributed by atoms with van der Waals surface area (Å²) in [7, 11) is 0. The molecule has 0 saturated heterocycles. The minimum Gasteiger partial charge on any atom is -0.481 e. The molecule has 7 nitrogen and oxygen atoms in total. The number of aromatic nitrogens is 4. The number of rotatable bonds is 8. The fourth-order valence-electron chi connectivity index (χ4n) is 2.03. The van der Waals surface area contributed by atoms with Crippen molar-refractivity contribution in [1.82, 2.24) is 19.6 Å². The van der Waals surface area contributed by atoms with Crippen LogP contribution >= 0.6 is 0 Å². The molecule has 108 valence electrons. The Labute approximate surface area is 117 Å². The van der Waals surface area contributed by atoms with Gasteiger partial charge in [0.2, 0.25) is 5.65 Å². The largest absolute Gasteiger partial charge is 0.481 e. The van der Waals surface area contributed by atoms with Crippen molar-refractivity contribution in [1.29, 1.82) is 0 Å². The average Bonchev–Trinajstić information content (AvgIpc) is 2.80. The molecule has 0 unspecified atom stereocenters. The first kappa shape index (κ1) is 14.2. The van der Waals surface area contributed by atoms with E-state index in [2.05, 4.69) is 20.5 Å². The average molecular weight is 277 g/mol. The lowest BCUT2D eigenvalue weighted by Gasteiger charge is -2.06. The molecule has 0 aliphatic heterocycles. The summed E-state index contributed by atoms with van der Waals surface area (Å²) in [5, 5.41) is 19.9. The van der Waals surface area contributed by atoms with Crippen LogP contribution in [0.4, 0.5) is 5.82 Å². The minimum atomic E-state index is -0.721. The fraction of sp³-hybridized carbons (Fsp3) is 0.538. The predicted molar refractivity (Wildman–Crippen MR) is 74.7 cm³/mol. The number of carboxylic acids is 1. The third-order valence-corrected chi connectivity index (χ3v) is 3.11. The monoisotopic (exact) mass is 277 g/mol. The normalized spacial score (nSPS) is 10.8. The molecule has 2 heterocycles. The summed E-state index contributed by atoms with van der Waals surface area (Å²) in [5.74, 6) is 0.846. The van der Waals surface area contributed by atoms with Crippen LogP contribution in [0, 0.1) is 6.92 Å². The molecule has 0 aliphatic rings. The van der Waals surface area contributed by atoms with Crippen LogP contribution in [0.2, 0.25) is 0 Å². The van der Waals surface area contributed by atoms with Gasteiger partial charge in [0.15, 0.2) is 5.82 Å². The number of fused-ring (bicyclic) bond motifs is 1. The second-order valence-corrected chi connectivity index (χ2v) is 4.70. The van der Waals surface area contributed by atoms with Gasteiger partial charge in [-0.15, -0.1) is 10.2 Å². The number of aliphatic carboxylic acids is 1. The van der Waals surface area contributed by atoms with E-state index in [9.17, 15) is 4.79 Å². The zero-order chi connectivity index (χ0) is 14.4. The molecule has 0 atom stereocenters. The van der Waals surface area contributed by atoms with Gasteiger partial charge in [0.05, 0.1) is 0 Å². The molecule has 0 saturated carbocycles. The molecule has 0 fully saturated rings. The van der Waals surface area contributed by atoms with Gasteiger partial charge in [0.25, 0.3) is 0 Å². The highest BCUT2D eigenvalue weighted by molar-refractivity contribution is 5.66. The molecule has 2 aromatic rings. The van der Waals surface area contributed by atoms with Crippen LogP contribution in [-0.2, 0) is 4.79 Å². The summed E-state index contributed by atoms with van der Waals surface area (Å²) in [4.78, 5) is 14.6. The number of hydrogen-bond donors (Lipinski definition) is 2. The van der Waals surface area contributed by atoms with Crippen molar-refractivity contribution >= 4 is 17.4 Å². The number of nitrogens with one attached hydrogen (secondary N) is 1. The van der Waals surface area contributed by atoms with Gasteiger partial charge in [-0.3, -0.25) is 9.20 Å². The van der Waals surface area contributed by atoms with Crippen molar-refractivity contribution in [3.8, 4) is 0 Å². The number of anilines is 1. The maximum Gasteiger partial charge on any atom is 0.303 e. The van der Waals surface area contributed by atoms with E-state index in [-0.39, 0.29) is 6.42 Å². The number of unbranched alkanes of at least 4 members (excludes halogenated alkanes) is 3. The van der Waals surface area contributed by atoms with Crippen molar-refractivity contribution in [2.45, 2.75) is 39.0 Å². The van der Waals surface area contributed by atoms with E-state index >= 15 is 0 Å². The third-order valence-electron chi connectivity index (χ3n) is 3.11. The molecule has 7 heteroatoms. The van der Waals surface area contributed by atoms with Crippen molar-refractivity contribution in [2.24, 2.45) is 0 Å². The van der Waals surface area contributed by atoms with Gasteiger partial charge >= 0.3 is 5.97 Å². The van der Waals surface area contributed by atoms with Gasteiger partial charge in [-0.25, -0.2) is 4.98 Å². The van der Waals surface area contributed by atoms with E-state index in [1.54, 1.807) is 6.20 Å². The first-order valence-electron chi connectivity index (χ1n) is 6.80. The van der Waals surface area contributed by atoms with Crippen molar-refractivity contribution in [2.75, 3.05) is 11.9 Å². The second-order valence-electron chi connectivity index (χ2n) is 4.70.